The largest absolute Gasteiger partial charge is 0.504 e. The number of fused-ring (bicyclic) bond motifs is 8. The van der Waals surface area contributed by atoms with Gasteiger partial charge >= 0.3 is 41.8 Å². The van der Waals surface area contributed by atoms with Crippen LogP contribution in [0, 0.1) is 0 Å². The average Bonchev–Trinajstić information content (AvgIpc) is 1.65. The van der Waals surface area contributed by atoms with Crippen LogP contribution in [-0.2, 0) is 42.6 Å². The topological polar surface area (TPSA) is 666 Å². The minimum atomic E-state index is -2.84. The predicted molar refractivity (Wildman–Crippen MR) is 310 cm³/mol. The molecule has 101 heavy (non-hydrogen) atoms. The van der Waals surface area contributed by atoms with Gasteiger partial charge in [0, 0.05) is 23.3 Å². The number of phenolic OH excluding ortho intramolecular Hbond substituents is 19. The SMILES string of the molecule is O=C1OC2OC(CO)C(O)C(OC(=O)c3cc(O)c(O)c(O)c3)C2OC(=O)c2cc(Oc3c(C(=O)OC4C(O)OC5COC(=O)c6cc(O)c(O)c(O)c6-c6c(cc(O)c(O)c6O)C(=O)OC5C4OC(=O)c4cc(O)c(O)c(O)c4)cc(O)c(O)c3O)c(O)c(O)c2Oc2cc1cc(O)c2O. The number of aliphatic hydroxyl groups excluding tert-OH is 3. The summed E-state index contributed by atoms with van der Waals surface area (Å²) in [6.07, 6.45) is -24.9. The molecule has 40 heteroatoms. The zero-order valence-corrected chi connectivity index (χ0v) is 49.6. The third kappa shape index (κ3) is 12.1. The second-order valence-corrected chi connectivity index (χ2v) is 21.9. The van der Waals surface area contributed by atoms with Crippen molar-refractivity contribution in [2.75, 3.05) is 13.2 Å². The van der Waals surface area contributed by atoms with Gasteiger partial charge in [-0.25, -0.2) is 33.6 Å². The van der Waals surface area contributed by atoms with Gasteiger partial charge in [-0.3, -0.25) is 0 Å². The lowest BCUT2D eigenvalue weighted by Crippen LogP contribution is -2.62. The van der Waals surface area contributed by atoms with E-state index in [1.165, 1.54) is 0 Å². The molecular formula is C61H46O40. The van der Waals surface area contributed by atoms with E-state index in [1.807, 2.05) is 0 Å². The van der Waals surface area contributed by atoms with Gasteiger partial charge in [-0.1, -0.05) is 0 Å². The molecular weight excluding hydrogens is 1370 g/mol. The standard InChI is InChI=1S/C61H46O40/c62-11-30-41(78)49(97-53(83)13-1-20(63)34(71)21(64)2-13)52-61(95-30)101-55(85)15-5-24(67)36(73)28(6-15)92-47-19(59(89)100-52)10-29(40(77)45(47)82)93-46-18(9-27(70)39(76)44(46)81)58(88)99-51-50(98-54(84)14-3-22(65)35(72)23(66)4-14)48-31(94-60(51)90)12-91-56(86)16-7-25(68)37(74)42(79)32(16)33-17(57(87)96-48)8-26(69)38(75)43(33)80/h1-10,30-31,41,48-52,60-82,90H,11-12H2. The fourth-order valence-corrected chi connectivity index (χ4v) is 10.6. The molecule has 11 rings (SSSR count). The van der Waals surface area contributed by atoms with Crippen LogP contribution in [0.1, 0.15) is 72.5 Å². The molecule has 0 amide bonds. The van der Waals surface area contributed by atoms with Crippen LogP contribution < -0.4 is 9.47 Å². The third-order valence-electron chi connectivity index (χ3n) is 15.6. The van der Waals surface area contributed by atoms with E-state index in [0.717, 1.165) is 0 Å². The maximum absolute atomic E-state index is 14.9. The number of hydrogen-bond donors (Lipinski definition) is 22. The first-order chi connectivity index (χ1) is 47.6. The monoisotopic (exact) mass is 1420 g/mol. The molecule has 530 valence electrons. The summed E-state index contributed by atoms with van der Waals surface area (Å²) in [6.45, 7) is -2.55. The van der Waals surface area contributed by atoms with Crippen LogP contribution >= 0.6 is 0 Å². The number of esters is 7. The first-order valence-corrected chi connectivity index (χ1v) is 28.2. The molecule has 7 aromatic rings. The summed E-state index contributed by atoms with van der Waals surface area (Å²) in [5.74, 6) is -44.5. The highest BCUT2D eigenvalue weighted by molar-refractivity contribution is 6.09. The van der Waals surface area contributed by atoms with Gasteiger partial charge in [-0.05, 0) is 48.5 Å². The van der Waals surface area contributed by atoms with Gasteiger partial charge in [-0.15, -0.1) is 0 Å². The Morgan fingerprint density at radius 3 is 1.49 bits per heavy atom. The summed E-state index contributed by atoms with van der Waals surface area (Å²) < 4.78 is 60.8. The van der Waals surface area contributed by atoms with Gasteiger partial charge in [0.1, 0.15) is 36.0 Å². The molecule has 0 aromatic heterocycles. The molecule has 2 bridgehead atoms. The third-order valence-corrected chi connectivity index (χ3v) is 15.6. The smallest absolute Gasteiger partial charge is 0.342 e. The molecule has 0 radical (unpaired) electrons. The second-order valence-electron chi connectivity index (χ2n) is 21.9. The second kappa shape index (κ2) is 25.8. The quantitative estimate of drug-likeness (QED) is 0.0548. The van der Waals surface area contributed by atoms with Crippen molar-refractivity contribution >= 4 is 41.8 Å². The Bertz CT molecular complexity index is 4650. The normalized spacial score (nSPS) is 21.7. The number of rotatable bonds is 9. The van der Waals surface area contributed by atoms with E-state index in [2.05, 4.69) is 0 Å². The minimum Gasteiger partial charge on any atom is -0.504 e. The van der Waals surface area contributed by atoms with Crippen molar-refractivity contribution in [3.05, 3.63) is 99.6 Å². The highest BCUT2D eigenvalue weighted by Gasteiger charge is 2.55. The summed E-state index contributed by atoms with van der Waals surface area (Å²) in [5.41, 5.74) is -9.84. The first-order valence-electron chi connectivity index (χ1n) is 28.2. The van der Waals surface area contributed by atoms with Crippen molar-refractivity contribution in [2.45, 2.75) is 61.4 Å². The van der Waals surface area contributed by atoms with Crippen molar-refractivity contribution in [2.24, 2.45) is 0 Å². The zero-order valence-electron chi connectivity index (χ0n) is 49.6. The number of ether oxygens (including phenoxy) is 11. The van der Waals surface area contributed by atoms with Crippen LogP contribution in [0.5, 0.6) is 132 Å². The van der Waals surface area contributed by atoms with Crippen molar-refractivity contribution in [1.82, 2.24) is 0 Å². The van der Waals surface area contributed by atoms with Gasteiger partial charge < -0.3 is 164 Å². The fraction of sp³-hybridized carbons (Fsp3) is 0.197. The van der Waals surface area contributed by atoms with E-state index in [4.69, 9.17) is 52.1 Å². The maximum atomic E-state index is 14.9. The van der Waals surface area contributed by atoms with Gasteiger partial charge in [-0.2, -0.15) is 0 Å². The molecule has 0 aliphatic carbocycles. The molecule has 7 aromatic carbocycles. The lowest BCUT2D eigenvalue weighted by molar-refractivity contribution is -0.284. The molecule has 4 aliphatic heterocycles. The van der Waals surface area contributed by atoms with Crippen molar-refractivity contribution in [3.63, 3.8) is 0 Å². The number of benzene rings is 7. The Labute approximate surface area is 556 Å². The Hall–Kier alpha value is -13.6. The molecule has 4 aliphatic rings. The molecule has 10 atom stereocenters. The number of cyclic esters (lactones) is 1. The van der Waals surface area contributed by atoms with Crippen LogP contribution in [-0.4, -0.2) is 229 Å². The van der Waals surface area contributed by atoms with E-state index >= 15 is 0 Å². The van der Waals surface area contributed by atoms with Crippen LogP contribution in [0.15, 0.2) is 60.7 Å². The Balaban J connectivity index is 1.01. The fourth-order valence-electron chi connectivity index (χ4n) is 10.6. The minimum absolute atomic E-state index is 0.192. The Morgan fingerprint density at radius 1 is 0.436 bits per heavy atom. The Kier molecular flexibility index (Phi) is 17.6. The maximum Gasteiger partial charge on any atom is 0.342 e. The van der Waals surface area contributed by atoms with E-state index < -0.39 is 299 Å². The van der Waals surface area contributed by atoms with Crippen LogP contribution in [0.2, 0.25) is 0 Å². The number of carbonyl (C=O) groups excluding carboxylic acids is 7. The molecule has 10 unspecified atom stereocenters. The van der Waals surface area contributed by atoms with Crippen molar-refractivity contribution in [3.8, 4) is 143 Å². The summed E-state index contributed by atoms with van der Waals surface area (Å²) in [5, 5.41) is 238. The van der Waals surface area contributed by atoms with Crippen LogP contribution in [0.25, 0.3) is 11.1 Å². The van der Waals surface area contributed by atoms with Crippen molar-refractivity contribution < 1.29 is 198 Å². The Morgan fingerprint density at radius 2 is 0.921 bits per heavy atom. The molecule has 0 spiro atoms. The van der Waals surface area contributed by atoms with Gasteiger partial charge in [0.25, 0.3) is 0 Å². The van der Waals surface area contributed by atoms with Gasteiger partial charge in [0.2, 0.25) is 52.6 Å². The molecule has 0 saturated carbocycles. The average molecular weight is 1420 g/mol. The van der Waals surface area contributed by atoms with Crippen molar-refractivity contribution in [1.29, 1.82) is 0 Å². The molecule has 4 heterocycles. The lowest BCUT2D eigenvalue weighted by Gasteiger charge is -2.42. The summed E-state index contributed by atoms with van der Waals surface area (Å²) in [4.78, 5) is 99.9. The summed E-state index contributed by atoms with van der Waals surface area (Å²) >= 11 is 0. The van der Waals surface area contributed by atoms with Crippen LogP contribution in [0.4, 0.5) is 0 Å². The van der Waals surface area contributed by atoms with E-state index in [-0.39, 0.29) is 12.1 Å². The zero-order chi connectivity index (χ0) is 73.6. The predicted octanol–water partition coefficient (Wildman–Crippen LogP) is 1.21. The number of aromatic hydroxyl groups is 19. The summed E-state index contributed by atoms with van der Waals surface area (Å²) in [7, 11) is 0. The molecule has 40 nitrogen and oxygen atoms in total. The highest BCUT2D eigenvalue weighted by atomic mass is 16.7. The number of hydrogen-bond acceptors (Lipinski definition) is 40. The molecule has 22 N–H and O–H groups in total. The van der Waals surface area contributed by atoms with E-state index in [1.54, 1.807) is 0 Å². The highest BCUT2D eigenvalue weighted by Crippen LogP contribution is 2.56. The van der Waals surface area contributed by atoms with Gasteiger partial charge in [0.15, 0.2) is 123 Å². The molecule has 2 saturated heterocycles. The van der Waals surface area contributed by atoms with Gasteiger partial charge in [0.05, 0.1) is 34.4 Å². The summed E-state index contributed by atoms with van der Waals surface area (Å²) in [6, 6.07) is 4.35. The lowest BCUT2D eigenvalue weighted by atomic mass is 9.92. The number of carbonyl (C=O) groups is 7. The van der Waals surface area contributed by atoms with E-state index in [0.29, 0.717) is 48.5 Å². The van der Waals surface area contributed by atoms with Crippen LogP contribution in [0.3, 0.4) is 0 Å². The van der Waals surface area contributed by atoms with E-state index in [9.17, 15) is 146 Å². The number of aliphatic hydroxyl groups is 3. The first kappa shape index (κ1) is 68.8. The number of phenols is 19. The molecule has 2 fully saturated rings.